The first kappa shape index (κ1) is 17.8. The third kappa shape index (κ3) is 2.93. The van der Waals surface area contributed by atoms with Gasteiger partial charge in [0.1, 0.15) is 11.5 Å². The molecule has 0 aromatic carbocycles. The van der Waals surface area contributed by atoms with Gasteiger partial charge in [0, 0.05) is 37.7 Å². The fraction of sp³-hybridized carbons (Fsp3) is 0.579. The van der Waals surface area contributed by atoms with Crippen LogP contribution in [0.15, 0.2) is 17.0 Å². The molecule has 0 aliphatic carbocycles. The summed E-state index contributed by atoms with van der Waals surface area (Å²) >= 11 is 0. The number of amides is 2. The molecular formula is C19H25N5O3. The van der Waals surface area contributed by atoms with E-state index in [0.29, 0.717) is 31.7 Å². The van der Waals surface area contributed by atoms with Crippen LogP contribution >= 0.6 is 0 Å². The first-order chi connectivity index (χ1) is 12.9. The molecule has 2 aliphatic rings. The number of hydrogen-bond acceptors (Lipinski definition) is 5. The molecule has 2 aromatic heterocycles. The standard InChI is InChI=1S/C19H25N5O3/c1-13-15(14(2)27-21-13)11-24-17(25)4-5-19(24)6-8-23(9-7-19)18(26)16-10-20-12-22(16)3/h10,12H,4-9,11H2,1-3H3. The Kier molecular flexibility index (Phi) is 4.28. The number of likely N-dealkylation sites (tertiary alicyclic amines) is 2. The molecule has 4 heterocycles. The van der Waals surface area contributed by atoms with Gasteiger partial charge < -0.3 is 18.9 Å². The number of carbonyl (C=O) groups excluding carboxylic acids is 2. The lowest BCUT2D eigenvalue weighted by Crippen LogP contribution is -2.54. The molecule has 144 valence electrons. The maximum absolute atomic E-state index is 12.7. The average molecular weight is 371 g/mol. The quantitative estimate of drug-likeness (QED) is 0.822. The van der Waals surface area contributed by atoms with Crippen molar-refractivity contribution in [2.24, 2.45) is 7.05 Å². The third-order valence-corrected chi connectivity index (χ3v) is 6.19. The zero-order valence-corrected chi connectivity index (χ0v) is 16.1. The molecule has 0 saturated carbocycles. The lowest BCUT2D eigenvalue weighted by atomic mass is 9.84. The molecule has 0 bridgehead atoms. The molecule has 2 saturated heterocycles. The zero-order chi connectivity index (χ0) is 19.2. The number of aromatic nitrogens is 3. The summed E-state index contributed by atoms with van der Waals surface area (Å²) in [6.45, 7) is 5.63. The molecule has 8 heteroatoms. The smallest absolute Gasteiger partial charge is 0.272 e. The predicted octanol–water partition coefficient (Wildman–Crippen LogP) is 1.82. The van der Waals surface area contributed by atoms with Gasteiger partial charge in [-0.15, -0.1) is 0 Å². The normalized spacial score (nSPS) is 19.3. The number of aryl methyl sites for hydroxylation is 3. The highest BCUT2D eigenvalue weighted by Crippen LogP contribution is 2.40. The minimum absolute atomic E-state index is 0.00597. The van der Waals surface area contributed by atoms with Crippen LogP contribution in [0.4, 0.5) is 0 Å². The van der Waals surface area contributed by atoms with Gasteiger partial charge >= 0.3 is 0 Å². The maximum Gasteiger partial charge on any atom is 0.272 e. The van der Waals surface area contributed by atoms with E-state index in [4.69, 9.17) is 4.52 Å². The van der Waals surface area contributed by atoms with Crippen molar-refractivity contribution in [3.8, 4) is 0 Å². The van der Waals surface area contributed by atoms with Crippen molar-refractivity contribution in [1.82, 2.24) is 24.5 Å². The Labute approximate surface area is 158 Å². The van der Waals surface area contributed by atoms with Crippen molar-refractivity contribution in [3.63, 3.8) is 0 Å². The summed E-state index contributed by atoms with van der Waals surface area (Å²) in [5, 5.41) is 4.01. The highest BCUT2D eigenvalue weighted by Gasteiger charge is 2.47. The highest BCUT2D eigenvalue weighted by molar-refractivity contribution is 5.92. The first-order valence-electron chi connectivity index (χ1n) is 9.39. The van der Waals surface area contributed by atoms with Crippen molar-refractivity contribution in [3.05, 3.63) is 35.2 Å². The van der Waals surface area contributed by atoms with Gasteiger partial charge in [-0.25, -0.2) is 4.98 Å². The fourth-order valence-corrected chi connectivity index (χ4v) is 4.39. The second kappa shape index (κ2) is 6.51. The molecule has 0 atom stereocenters. The van der Waals surface area contributed by atoms with Crippen LogP contribution in [-0.4, -0.2) is 55.0 Å². The Morgan fingerprint density at radius 3 is 2.59 bits per heavy atom. The van der Waals surface area contributed by atoms with Gasteiger partial charge in [0.25, 0.3) is 5.91 Å². The maximum atomic E-state index is 12.7. The Morgan fingerprint density at radius 2 is 2.00 bits per heavy atom. The summed E-state index contributed by atoms with van der Waals surface area (Å²) in [6.07, 6.45) is 6.26. The molecule has 4 rings (SSSR count). The van der Waals surface area contributed by atoms with E-state index in [2.05, 4.69) is 10.1 Å². The van der Waals surface area contributed by atoms with Crippen LogP contribution in [-0.2, 0) is 18.4 Å². The first-order valence-corrected chi connectivity index (χ1v) is 9.39. The van der Waals surface area contributed by atoms with Crippen LogP contribution in [0.1, 0.15) is 53.2 Å². The van der Waals surface area contributed by atoms with Crippen LogP contribution in [0.5, 0.6) is 0 Å². The lowest BCUT2D eigenvalue weighted by molar-refractivity contribution is -0.133. The molecule has 27 heavy (non-hydrogen) atoms. The van der Waals surface area contributed by atoms with Crippen molar-refractivity contribution in [2.45, 2.75) is 51.6 Å². The zero-order valence-electron chi connectivity index (χ0n) is 16.1. The van der Waals surface area contributed by atoms with Crippen LogP contribution in [0.2, 0.25) is 0 Å². The topological polar surface area (TPSA) is 84.5 Å². The van der Waals surface area contributed by atoms with Crippen LogP contribution in [0.25, 0.3) is 0 Å². The van der Waals surface area contributed by atoms with Crippen molar-refractivity contribution < 1.29 is 14.1 Å². The van der Waals surface area contributed by atoms with Crippen LogP contribution in [0, 0.1) is 13.8 Å². The number of carbonyl (C=O) groups is 2. The molecule has 2 amide bonds. The Hall–Kier alpha value is -2.64. The van der Waals surface area contributed by atoms with Gasteiger partial charge in [-0.3, -0.25) is 9.59 Å². The summed E-state index contributed by atoms with van der Waals surface area (Å²) in [7, 11) is 1.83. The Bertz CT molecular complexity index is 856. The van der Waals surface area contributed by atoms with E-state index in [0.717, 1.165) is 36.3 Å². The van der Waals surface area contributed by atoms with Crippen molar-refractivity contribution >= 4 is 11.8 Å². The van der Waals surface area contributed by atoms with Gasteiger partial charge in [0.05, 0.1) is 24.8 Å². The number of hydrogen-bond donors (Lipinski definition) is 0. The van der Waals surface area contributed by atoms with Gasteiger partial charge in [-0.05, 0) is 33.1 Å². The van der Waals surface area contributed by atoms with E-state index >= 15 is 0 Å². The molecule has 0 unspecified atom stereocenters. The lowest BCUT2D eigenvalue weighted by Gasteiger charge is -2.45. The summed E-state index contributed by atoms with van der Waals surface area (Å²) in [5.74, 6) is 0.957. The van der Waals surface area contributed by atoms with E-state index in [1.54, 1.807) is 17.1 Å². The molecule has 8 nitrogen and oxygen atoms in total. The monoisotopic (exact) mass is 371 g/mol. The largest absolute Gasteiger partial charge is 0.361 e. The third-order valence-electron chi connectivity index (χ3n) is 6.19. The number of imidazole rings is 1. The van der Waals surface area contributed by atoms with E-state index < -0.39 is 0 Å². The molecule has 0 radical (unpaired) electrons. The van der Waals surface area contributed by atoms with Gasteiger partial charge in [0.15, 0.2) is 0 Å². The van der Waals surface area contributed by atoms with Crippen LogP contribution in [0.3, 0.4) is 0 Å². The molecule has 2 aliphatic heterocycles. The van der Waals surface area contributed by atoms with E-state index in [9.17, 15) is 9.59 Å². The average Bonchev–Trinajstić information content (AvgIpc) is 3.31. The SMILES string of the molecule is Cc1noc(C)c1CN1C(=O)CCC12CCN(C(=O)c1cncn1C)CC2. The second-order valence-electron chi connectivity index (χ2n) is 7.69. The predicted molar refractivity (Wildman–Crippen MR) is 96.8 cm³/mol. The van der Waals surface area contributed by atoms with Gasteiger partial charge in [-0.1, -0.05) is 5.16 Å². The van der Waals surface area contributed by atoms with E-state index in [1.807, 2.05) is 30.7 Å². The summed E-state index contributed by atoms with van der Waals surface area (Å²) in [4.78, 5) is 33.3. The minimum atomic E-state index is -0.170. The highest BCUT2D eigenvalue weighted by atomic mass is 16.5. The summed E-state index contributed by atoms with van der Waals surface area (Å²) in [5.41, 5.74) is 2.27. The van der Waals surface area contributed by atoms with Crippen molar-refractivity contribution in [1.29, 1.82) is 0 Å². The second-order valence-corrected chi connectivity index (χ2v) is 7.69. The molecule has 2 fully saturated rings. The molecule has 1 spiro atoms. The van der Waals surface area contributed by atoms with E-state index in [1.165, 1.54) is 0 Å². The Balaban J connectivity index is 1.50. The minimum Gasteiger partial charge on any atom is -0.361 e. The molecular weight excluding hydrogens is 346 g/mol. The fourth-order valence-electron chi connectivity index (χ4n) is 4.39. The van der Waals surface area contributed by atoms with Crippen LogP contribution < -0.4 is 0 Å². The van der Waals surface area contributed by atoms with Gasteiger partial charge in [-0.2, -0.15) is 0 Å². The van der Waals surface area contributed by atoms with Crippen molar-refractivity contribution in [2.75, 3.05) is 13.1 Å². The Morgan fingerprint density at radius 1 is 1.26 bits per heavy atom. The molecule has 2 aromatic rings. The summed E-state index contributed by atoms with van der Waals surface area (Å²) in [6, 6.07) is 0. The number of rotatable bonds is 3. The van der Waals surface area contributed by atoms with Gasteiger partial charge in [0.2, 0.25) is 5.91 Å². The number of nitrogens with zero attached hydrogens (tertiary/aromatic N) is 5. The van der Waals surface area contributed by atoms with E-state index in [-0.39, 0.29) is 17.4 Å². The molecule has 0 N–H and O–H groups in total. The number of piperidine rings is 1. The summed E-state index contributed by atoms with van der Waals surface area (Å²) < 4.78 is 7.01.